The maximum absolute atomic E-state index is 4.78. The zero-order valence-electron chi connectivity index (χ0n) is 13.3. The van der Waals surface area contributed by atoms with Crippen LogP contribution in [-0.4, -0.2) is 19.7 Å². The predicted molar refractivity (Wildman–Crippen MR) is 97.4 cm³/mol. The zero-order valence-corrected chi connectivity index (χ0v) is 14.9. The van der Waals surface area contributed by atoms with E-state index < -0.39 is 0 Å². The average molecular weight is 355 g/mol. The summed E-state index contributed by atoms with van der Waals surface area (Å²) in [5, 5.41) is 13.3. The van der Waals surface area contributed by atoms with E-state index >= 15 is 0 Å². The van der Waals surface area contributed by atoms with Gasteiger partial charge < -0.3 is 4.57 Å². The van der Waals surface area contributed by atoms with Crippen molar-refractivity contribution in [1.29, 1.82) is 0 Å². The van der Waals surface area contributed by atoms with Crippen LogP contribution in [0.3, 0.4) is 0 Å². The van der Waals surface area contributed by atoms with Crippen LogP contribution in [0.2, 0.25) is 0 Å². The maximum Gasteiger partial charge on any atom is 0.191 e. The molecular formula is C18H18N4S2. The first-order valence-corrected chi connectivity index (χ1v) is 10.3. The van der Waals surface area contributed by atoms with E-state index in [1.807, 2.05) is 6.07 Å². The molecule has 3 aromatic rings. The Morgan fingerprint density at radius 2 is 1.92 bits per heavy atom. The summed E-state index contributed by atoms with van der Waals surface area (Å²) in [5.41, 5.74) is 2.32. The van der Waals surface area contributed by atoms with Crippen LogP contribution in [-0.2, 0) is 5.75 Å². The van der Waals surface area contributed by atoms with Gasteiger partial charge in [0.05, 0.1) is 5.69 Å². The molecule has 0 spiro atoms. The molecular weight excluding hydrogens is 336 g/mol. The first kappa shape index (κ1) is 14.7. The van der Waals surface area contributed by atoms with Crippen molar-refractivity contribution in [3.63, 3.8) is 0 Å². The third kappa shape index (κ3) is 2.89. The molecule has 5 rings (SSSR count). The SMILES string of the molecule is c1ccc(-c2nc(CSc3nnc(C4CC4)n3C3CC3)cs2)cc1. The topological polar surface area (TPSA) is 43.6 Å². The van der Waals surface area contributed by atoms with E-state index in [-0.39, 0.29) is 0 Å². The number of aromatic nitrogens is 4. The van der Waals surface area contributed by atoms with E-state index in [0.29, 0.717) is 12.0 Å². The summed E-state index contributed by atoms with van der Waals surface area (Å²) in [6.45, 7) is 0. The van der Waals surface area contributed by atoms with Crippen LogP contribution in [0.25, 0.3) is 10.6 Å². The highest BCUT2D eigenvalue weighted by Crippen LogP contribution is 2.46. The lowest BCUT2D eigenvalue weighted by molar-refractivity contribution is 0.627. The fourth-order valence-corrected chi connectivity index (χ4v) is 4.74. The van der Waals surface area contributed by atoms with Crippen LogP contribution in [0.5, 0.6) is 0 Å². The Balaban J connectivity index is 1.32. The molecule has 24 heavy (non-hydrogen) atoms. The number of rotatable bonds is 6. The molecule has 6 heteroatoms. The Hall–Kier alpha value is -1.66. The number of hydrogen-bond acceptors (Lipinski definition) is 5. The number of thioether (sulfide) groups is 1. The normalized spacial score (nSPS) is 17.3. The molecule has 0 unspecified atom stereocenters. The lowest BCUT2D eigenvalue weighted by atomic mass is 10.2. The zero-order chi connectivity index (χ0) is 15.9. The van der Waals surface area contributed by atoms with E-state index in [9.17, 15) is 0 Å². The van der Waals surface area contributed by atoms with Crippen molar-refractivity contribution in [1.82, 2.24) is 19.7 Å². The molecule has 0 saturated heterocycles. The molecule has 0 N–H and O–H groups in total. The van der Waals surface area contributed by atoms with Crippen molar-refractivity contribution in [3.05, 3.63) is 47.2 Å². The Labute approximate surface area is 149 Å². The van der Waals surface area contributed by atoms with Gasteiger partial charge in [0, 0.05) is 28.7 Å². The van der Waals surface area contributed by atoms with Gasteiger partial charge >= 0.3 is 0 Å². The minimum Gasteiger partial charge on any atom is -0.303 e. The third-order valence-electron chi connectivity index (χ3n) is 4.47. The molecule has 2 saturated carbocycles. The Morgan fingerprint density at radius 3 is 2.67 bits per heavy atom. The monoisotopic (exact) mass is 354 g/mol. The van der Waals surface area contributed by atoms with Crippen molar-refractivity contribution < 1.29 is 0 Å². The quantitative estimate of drug-likeness (QED) is 0.590. The van der Waals surface area contributed by atoms with Gasteiger partial charge in [-0.25, -0.2) is 4.98 Å². The van der Waals surface area contributed by atoms with Crippen LogP contribution in [0, 0.1) is 0 Å². The van der Waals surface area contributed by atoms with E-state index in [4.69, 9.17) is 4.98 Å². The predicted octanol–water partition coefficient (Wildman–Crippen LogP) is 4.91. The molecule has 0 aliphatic heterocycles. The van der Waals surface area contributed by atoms with Crippen LogP contribution < -0.4 is 0 Å². The Morgan fingerprint density at radius 1 is 1.08 bits per heavy atom. The minimum absolute atomic E-state index is 0.647. The molecule has 0 radical (unpaired) electrons. The second kappa shape index (κ2) is 6.01. The lowest BCUT2D eigenvalue weighted by Crippen LogP contribution is -2.01. The fourth-order valence-electron chi connectivity index (χ4n) is 2.91. The van der Waals surface area contributed by atoms with Gasteiger partial charge in [-0.15, -0.1) is 21.5 Å². The van der Waals surface area contributed by atoms with Gasteiger partial charge in [0.25, 0.3) is 0 Å². The van der Waals surface area contributed by atoms with Crippen molar-refractivity contribution in [2.75, 3.05) is 0 Å². The van der Waals surface area contributed by atoms with E-state index in [1.54, 1.807) is 23.1 Å². The summed E-state index contributed by atoms with van der Waals surface area (Å²) < 4.78 is 2.41. The summed E-state index contributed by atoms with van der Waals surface area (Å²) in [6.07, 6.45) is 5.12. The summed E-state index contributed by atoms with van der Waals surface area (Å²) in [5.74, 6) is 2.75. The van der Waals surface area contributed by atoms with Gasteiger partial charge in [0.2, 0.25) is 0 Å². The van der Waals surface area contributed by atoms with E-state index in [0.717, 1.165) is 21.6 Å². The summed E-state index contributed by atoms with van der Waals surface area (Å²) >= 11 is 3.49. The smallest absolute Gasteiger partial charge is 0.191 e. The highest BCUT2D eigenvalue weighted by molar-refractivity contribution is 7.98. The summed E-state index contributed by atoms with van der Waals surface area (Å²) in [6, 6.07) is 11.0. The van der Waals surface area contributed by atoms with Crippen LogP contribution in [0.4, 0.5) is 0 Å². The number of thiazole rings is 1. The van der Waals surface area contributed by atoms with E-state index in [1.165, 1.54) is 37.1 Å². The molecule has 0 atom stereocenters. The number of nitrogens with zero attached hydrogens (tertiary/aromatic N) is 4. The van der Waals surface area contributed by atoms with Crippen molar-refractivity contribution >= 4 is 23.1 Å². The largest absolute Gasteiger partial charge is 0.303 e. The van der Waals surface area contributed by atoms with Gasteiger partial charge in [-0.3, -0.25) is 0 Å². The molecule has 2 heterocycles. The molecule has 0 amide bonds. The highest BCUT2D eigenvalue weighted by atomic mass is 32.2. The van der Waals surface area contributed by atoms with Gasteiger partial charge in [0.15, 0.2) is 5.16 Å². The molecule has 4 nitrogen and oxygen atoms in total. The molecule has 2 aliphatic carbocycles. The Bertz CT molecular complexity index is 847. The summed E-state index contributed by atoms with van der Waals surface area (Å²) in [7, 11) is 0. The van der Waals surface area contributed by atoms with E-state index in [2.05, 4.69) is 44.4 Å². The molecule has 0 bridgehead atoms. The van der Waals surface area contributed by atoms with Crippen LogP contribution in [0.15, 0.2) is 40.9 Å². The molecule has 2 aliphatic rings. The van der Waals surface area contributed by atoms with Crippen LogP contribution >= 0.6 is 23.1 Å². The molecule has 122 valence electrons. The standard InChI is InChI=1S/C18H18N4S2/c1-2-4-13(5-3-1)17-19-14(10-23-17)11-24-18-21-20-16(12-6-7-12)22(18)15-8-9-15/h1-5,10,12,15H,6-9,11H2. The van der Waals surface area contributed by atoms with Crippen molar-refractivity contribution in [2.45, 2.75) is 48.6 Å². The van der Waals surface area contributed by atoms with Gasteiger partial charge in [-0.2, -0.15) is 0 Å². The van der Waals surface area contributed by atoms with Gasteiger partial charge in [-0.1, -0.05) is 42.1 Å². The Kier molecular flexibility index (Phi) is 3.67. The second-order valence-electron chi connectivity index (χ2n) is 6.51. The van der Waals surface area contributed by atoms with Crippen molar-refractivity contribution in [3.8, 4) is 10.6 Å². The minimum atomic E-state index is 0.647. The highest BCUT2D eigenvalue weighted by Gasteiger charge is 2.36. The second-order valence-corrected chi connectivity index (χ2v) is 8.32. The average Bonchev–Trinajstić information content (AvgIpc) is 3.55. The first-order valence-electron chi connectivity index (χ1n) is 8.46. The summed E-state index contributed by atoms with van der Waals surface area (Å²) in [4.78, 5) is 4.78. The van der Waals surface area contributed by atoms with Crippen molar-refractivity contribution in [2.24, 2.45) is 0 Å². The molecule has 2 aromatic heterocycles. The van der Waals surface area contributed by atoms with Crippen LogP contribution in [0.1, 0.15) is 49.2 Å². The van der Waals surface area contributed by atoms with Gasteiger partial charge in [-0.05, 0) is 25.7 Å². The molecule has 1 aromatic carbocycles. The number of hydrogen-bond donors (Lipinski definition) is 0. The molecule has 2 fully saturated rings. The third-order valence-corrected chi connectivity index (χ3v) is 6.38. The number of benzene rings is 1. The lowest BCUT2D eigenvalue weighted by Gasteiger charge is -2.07. The van der Waals surface area contributed by atoms with Gasteiger partial charge in [0.1, 0.15) is 10.8 Å². The first-order chi connectivity index (χ1) is 11.9. The maximum atomic E-state index is 4.78. The fraction of sp³-hybridized carbons (Fsp3) is 0.389.